The monoisotopic (exact) mass is 260 g/mol. The molecule has 1 aromatic heterocycles. The number of nitrogens with zero attached hydrogens (tertiary/aromatic N) is 1. The molecule has 0 aliphatic carbocycles. The molecule has 1 aromatic carbocycles. The van der Waals surface area contributed by atoms with E-state index in [-0.39, 0.29) is 0 Å². The molecule has 18 heavy (non-hydrogen) atoms. The zero-order valence-corrected chi connectivity index (χ0v) is 11.2. The fraction of sp³-hybridized carbons (Fsp3) is 0.357. The molecular weight excluding hydrogens is 244 g/mol. The molecule has 2 heterocycles. The average Bonchev–Trinajstić information content (AvgIpc) is 2.36. The van der Waals surface area contributed by atoms with Gasteiger partial charge in [0.25, 0.3) is 0 Å². The number of benzene rings is 1. The number of rotatable bonds is 4. The van der Waals surface area contributed by atoms with Crippen LogP contribution in [0.2, 0.25) is 0 Å². The maximum atomic E-state index is 5.20. The Morgan fingerprint density at radius 2 is 2.22 bits per heavy atom. The molecule has 0 spiro atoms. The van der Waals surface area contributed by atoms with E-state index in [0.29, 0.717) is 5.25 Å². The van der Waals surface area contributed by atoms with E-state index in [1.807, 2.05) is 30.9 Å². The second-order valence-corrected chi connectivity index (χ2v) is 5.70. The molecule has 1 aliphatic rings. The van der Waals surface area contributed by atoms with Crippen LogP contribution in [0, 0.1) is 0 Å². The third-order valence-electron chi connectivity index (χ3n) is 3.12. The molecular formula is C14H16N2OS. The van der Waals surface area contributed by atoms with Gasteiger partial charge in [-0.05, 0) is 12.1 Å². The lowest BCUT2D eigenvalue weighted by molar-refractivity contribution is 0.0455. The molecule has 4 heteroatoms. The van der Waals surface area contributed by atoms with Crippen LogP contribution in [-0.4, -0.2) is 30.5 Å². The topological polar surface area (TPSA) is 34.2 Å². The Morgan fingerprint density at radius 1 is 1.39 bits per heavy atom. The van der Waals surface area contributed by atoms with Crippen molar-refractivity contribution in [3.05, 3.63) is 35.9 Å². The second-order valence-electron chi connectivity index (χ2n) is 4.41. The lowest BCUT2D eigenvalue weighted by Gasteiger charge is -2.25. The van der Waals surface area contributed by atoms with Gasteiger partial charge < -0.3 is 10.1 Å². The van der Waals surface area contributed by atoms with E-state index in [9.17, 15) is 0 Å². The number of anilines is 1. The highest BCUT2D eigenvalue weighted by molar-refractivity contribution is 7.99. The maximum Gasteiger partial charge on any atom is 0.130 e. The number of ether oxygens (including phenoxy) is 1. The van der Waals surface area contributed by atoms with Gasteiger partial charge in [-0.2, -0.15) is 0 Å². The van der Waals surface area contributed by atoms with E-state index in [1.54, 1.807) is 0 Å². The van der Waals surface area contributed by atoms with Crippen molar-refractivity contribution in [2.24, 2.45) is 0 Å². The number of thioether (sulfide) groups is 1. The maximum absolute atomic E-state index is 5.20. The van der Waals surface area contributed by atoms with Crippen molar-refractivity contribution in [3.63, 3.8) is 0 Å². The first-order valence-electron chi connectivity index (χ1n) is 6.12. The Balaban J connectivity index is 1.87. The summed E-state index contributed by atoms with van der Waals surface area (Å²) < 4.78 is 5.20. The Kier molecular flexibility index (Phi) is 3.39. The summed E-state index contributed by atoms with van der Waals surface area (Å²) in [5.41, 5.74) is 2.32. The number of para-hydroxylation sites is 1. The molecule has 0 amide bonds. The quantitative estimate of drug-likeness (QED) is 0.916. The number of hydrogen-bond donors (Lipinski definition) is 1. The first-order valence-corrected chi connectivity index (χ1v) is 7.17. The predicted octanol–water partition coefficient (Wildman–Crippen LogP) is 2.91. The minimum absolute atomic E-state index is 0.654. The van der Waals surface area contributed by atoms with Crippen LogP contribution in [0.5, 0.6) is 0 Å². The number of hydrogen-bond acceptors (Lipinski definition) is 4. The van der Waals surface area contributed by atoms with Gasteiger partial charge in [0, 0.05) is 23.8 Å². The molecule has 0 atom stereocenters. The lowest BCUT2D eigenvalue weighted by Crippen LogP contribution is -2.30. The van der Waals surface area contributed by atoms with Gasteiger partial charge in [0.15, 0.2) is 0 Å². The van der Waals surface area contributed by atoms with Crippen molar-refractivity contribution >= 4 is 28.5 Å². The van der Waals surface area contributed by atoms with Gasteiger partial charge in [0.05, 0.1) is 24.0 Å². The van der Waals surface area contributed by atoms with E-state index in [2.05, 4.69) is 28.5 Å². The fourth-order valence-corrected chi connectivity index (χ4v) is 3.02. The summed E-state index contributed by atoms with van der Waals surface area (Å²) in [7, 11) is 1.93. The number of nitrogens with one attached hydrogen (secondary N) is 1. The first-order chi connectivity index (χ1) is 8.86. The molecule has 3 nitrogen and oxygen atoms in total. The third kappa shape index (κ3) is 2.31. The largest absolute Gasteiger partial charge is 0.379 e. The summed E-state index contributed by atoms with van der Waals surface area (Å²) in [6.07, 6.45) is 0. The molecule has 2 aromatic rings. The Morgan fingerprint density at radius 3 is 2.94 bits per heavy atom. The standard InChI is InChI=1S/C14H16N2OS/c1-15-14-11(9-18-12-7-17-8-12)6-10-4-2-3-5-13(10)16-14/h2-6,12H,7-9H2,1H3,(H,15,16). The summed E-state index contributed by atoms with van der Waals surface area (Å²) in [5.74, 6) is 1.98. The van der Waals surface area contributed by atoms with Gasteiger partial charge in [-0.25, -0.2) is 4.98 Å². The SMILES string of the molecule is CNc1nc2ccccc2cc1CSC1COC1. The van der Waals surface area contributed by atoms with E-state index in [0.717, 1.165) is 30.3 Å². The molecule has 1 saturated heterocycles. The zero-order chi connectivity index (χ0) is 12.4. The molecule has 0 saturated carbocycles. The van der Waals surface area contributed by atoms with Crippen LogP contribution >= 0.6 is 11.8 Å². The second kappa shape index (κ2) is 5.16. The van der Waals surface area contributed by atoms with Gasteiger partial charge in [0.2, 0.25) is 0 Å². The van der Waals surface area contributed by atoms with Crippen molar-refractivity contribution in [1.29, 1.82) is 0 Å². The summed E-state index contributed by atoms with van der Waals surface area (Å²) in [6.45, 7) is 1.78. The highest BCUT2D eigenvalue weighted by Crippen LogP contribution is 2.28. The van der Waals surface area contributed by atoms with Crippen molar-refractivity contribution < 1.29 is 4.74 Å². The van der Waals surface area contributed by atoms with Crippen molar-refractivity contribution in [2.45, 2.75) is 11.0 Å². The van der Waals surface area contributed by atoms with E-state index in [1.165, 1.54) is 10.9 Å². The average molecular weight is 260 g/mol. The van der Waals surface area contributed by atoms with Crippen LogP contribution in [0.3, 0.4) is 0 Å². The molecule has 0 unspecified atom stereocenters. The minimum Gasteiger partial charge on any atom is -0.379 e. The molecule has 1 aliphatic heterocycles. The molecule has 0 bridgehead atoms. The normalized spacial score (nSPS) is 15.6. The Hall–Kier alpha value is -1.26. The zero-order valence-electron chi connectivity index (χ0n) is 10.3. The fourth-order valence-electron chi connectivity index (χ4n) is 2.00. The molecule has 1 N–H and O–H groups in total. The molecule has 0 radical (unpaired) electrons. The van der Waals surface area contributed by atoms with Gasteiger partial charge >= 0.3 is 0 Å². The van der Waals surface area contributed by atoms with Crippen LogP contribution < -0.4 is 5.32 Å². The van der Waals surface area contributed by atoms with Gasteiger partial charge in [-0.1, -0.05) is 18.2 Å². The minimum atomic E-state index is 0.654. The van der Waals surface area contributed by atoms with Crippen LogP contribution in [0.1, 0.15) is 5.56 Å². The van der Waals surface area contributed by atoms with Gasteiger partial charge in [-0.3, -0.25) is 0 Å². The summed E-state index contributed by atoms with van der Waals surface area (Å²) in [5, 5.41) is 5.05. The molecule has 1 fully saturated rings. The van der Waals surface area contributed by atoms with Crippen LogP contribution in [0.25, 0.3) is 10.9 Å². The Labute approximate surface area is 111 Å². The third-order valence-corrected chi connectivity index (χ3v) is 4.34. The summed E-state index contributed by atoms with van der Waals surface area (Å²) in [6, 6.07) is 10.5. The van der Waals surface area contributed by atoms with Crippen molar-refractivity contribution in [2.75, 3.05) is 25.6 Å². The van der Waals surface area contributed by atoms with Crippen molar-refractivity contribution in [3.8, 4) is 0 Å². The van der Waals surface area contributed by atoms with Gasteiger partial charge in [-0.15, -0.1) is 11.8 Å². The summed E-state index contributed by atoms with van der Waals surface area (Å²) in [4.78, 5) is 4.66. The Bertz CT molecular complexity index is 554. The molecule has 94 valence electrons. The smallest absolute Gasteiger partial charge is 0.130 e. The highest BCUT2D eigenvalue weighted by atomic mass is 32.2. The predicted molar refractivity (Wildman–Crippen MR) is 77.2 cm³/mol. The van der Waals surface area contributed by atoms with E-state index >= 15 is 0 Å². The highest BCUT2D eigenvalue weighted by Gasteiger charge is 2.19. The van der Waals surface area contributed by atoms with Crippen LogP contribution in [0.15, 0.2) is 30.3 Å². The van der Waals surface area contributed by atoms with Crippen LogP contribution in [0.4, 0.5) is 5.82 Å². The first kappa shape index (κ1) is 11.8. The van der Waals surface area contributed by atoms with E-state index in [4.69, 9.17) is 4.74 Å². The number of fused-ring (bicyclic) bond motifs is 1. The number of aromatic nitrogens is 1. The summed E-state index contributed by atoms with van der Waals surface area (Å²) >= 11 is 1.95. The lowest BCUT2D eigenvalue weighted by atomic mass is 10.1. The van der Waals surface area contributed by atoms with E-state index < -0.39 is 0 Å². The van der Waals surface area contributed by atoms with Crippen molar-refractivity contribution in [1.82, 2.24) is 4.98 Å². The molecule has 3 rings (SSSR count). The number of pyridine rings is 1. The van der Waals surface area contributed by atoms with Gasteiger partial charge in [0.1, 0.15) is 5.82 Å². The van der Waals surface area contributed by atoms with Crippen LogP contribution in [-0.2, 0) is 10.5 Å².